The summed E-state index contributed by atoms with van der Waals surface area (Å²) in [6.07, 6.45) is 3.15. The third-order valence-electron chi connectivity index (χ3n) is 4.96. The Morgan fingerprint density at radius 3 is 2.31 bits per heavy atom. The van der Waals surface area contributed by atoms with Gasteiger partial charge in [0.05, 0.1) is 25.5 Å². The molecule has 3 rings (SSSR count). The number of amides is 2. The van der Waals surface area contributed by atoms with E-state index in [9.17, 15) is 9.59 Å². The van der Waals surface area contributed by atoms with Crippen molar-refractivity contribution in [1.82, 2.24) is 5.32 Å². The van der Waals surface area contributed by atoms with Gasteiger partial charge in [-0.25, -0.2) is 0 Å². The van der Waals surface area contributed by atoms with E-state index in [1.807, 2.05) is 36.4 Å². The maximum Gasteiger partial charge on any atom is 0.253 e. The minimum atomic E-state index is -0.261. The number of nitrogens with zero attached hydrogens (tertiary/aromatic N) is 1. The summed E-state index contributed by atoms with van der Waals surface area (Å²) in [5.41, 5.74) is 2.75. The van der Waals surface area contributed by atoms with Crippen molar-refractivity contribution in [3.05, 3.63) is 95.6 Å². The smallest absolute Gasteiger partial charge is 0.253 e. The fraction of sp³-hybridized carbons (Fsp3) is 0.154. The molecular weight excluding hydrogens is 404 g/mol. The molecule has 0 aliphatic heterocycles. The highest BCUT2D eigenvalue weighted by atomic mass is 16.5. The second kappa shape index (κ2) is 10.8. The summed E-state index contributed by atoms with van der Waals surface area (Å²) in [5.74, 6) is 0.690. The van der Waals surface area contributed by atoms with Gasteiger partial charge in [-0.2, -0.15) is 0 Å². The predicted molar refractivity (Wildman–Crippen MR) is 126 cm³/mol. The summed E-state index contributed by atoms with van der Waals surface area (Å²) in [6.45, 7) is 0.408. The number of ether oxygens (including phenoxy) is 2. The molecule has 0 bridgehead atoms. The molecule has 0 aromatic heterocycles. The SMILES string of the molecule is COc1ccc(C=CC(=O)N(C)c2ccccc2C(=O)NCc2ccccc2)cc1OC. The highest BCUT2D eigenvalue weighted by Gasteiger charge is 2.17. The van der Waals surface area contributed by atoms with Crippen LogP contribution in [0.2, 0.25) is 0 Å². The minimum Gasteiger partial charge on any atom is -0.493 e. The van der Waals surface area contributed by atoms with E-state index in [-0.39, 0.29) is 11.8 Å². The number of methoxy groups -OCH3 is 2. The number of para-hydroxylation sites is 1. The molecule has 0 aliphatic rings. The van der Waals surface area contributed by atoms with Gasteiger partial charge in [0.25, 0.3) is 11.8 Å². The number of carbonyl (C=O) groups is 2. The first-order chi connectivity index (χ1) is 15.5. The van der Waals surface area contributed by atoms with Crippen molar-refractivity contribution in [1.29, 1.82) is 0 Å². The molecule has 32 heavy (non-hydrogen) atoms. The molecule has 0 saturated carbocycles. The van der Waals surface area contributed by atoms with E-state index in [1.54, 1.807) is 63.7 Å². The molecule has 0 radical (unpaired) electrons. The van der Waals surface area contributed by atoms with Crippen molar-refractivity contribution in [3.63, 3.8) is 0 Å². The van der Waals surface area contributed by atoms with E-state index in [2.05, 4.69) is 5.32 Å². The second-order valence-corrected chi connectivity index (χ2v) is 7.03. The fourth-order valence-corrected chi connectivity index (χ4v) is 3.19. The van der Waals surface area contributed by atoms with Crippen molar-refractivity contribution >= 4 is 23.6 Å². The number of rotatable bonds is 8. The van der Waals surface area contributed by atoms with Gasteiger partial charge in [-0.3, -0.25) is 9.59 Å². The van der Waals surface area contributed by atoms with Gasteiger partial charge in [0, 0.05) is 19.7 Å². The normalized spacial score (nSPS) is 10.6. The van der Waals surface area contributed by atoms with Crippen LogP contribution >= 0.6 is 0 Å². The van der Waals surface area contributed by atoms with Crippen LogP contribution in [0.15, 0.2) is 78.9 Å². The largest absolute Gasteiger partial charge is 0.493 e. The summed E-state index contributed by atoms with van der Waals surface area (Å²) in [7, 11) is 4.77. The first kappa shape index (κ1) is 22.6. The Morgan fingerprint density at radius 2 is 1.59 bits per heavy atom. The molecule has 0 unspecified atom stereocenters. The number of benzene rings is 3. The minimum absolute atomic E-state index is 0.243. The number of nitrogens with one attached hydrogen (secondary N) is 1. The van der Waals surface area contributed by atoms with E-state index in [4.69, 9.17) is 9.47 Å². The molecule has 0 aliphatic carbocycles. The van der Waals surface area contributed by atoms with Gasteiger partial charge >= 0.3 is 0 Å². The third kappa shape index (κ3) is 5.55. The lowest BCUT2D eigenvalue weighted by Crippen LogP contribution is -2.29. The highest BCUT2D eigenvalue weighted by Crippen LogP contribution is 2.28. The lowest BCUT2D eigenvalue weighted by atomic mass is 10.1. The van der Waals surface area contributed by atoms with Gasteiger partial charge in [-0.15, -0.1) is 0 Å². The van der Waals surface area contributed by atoms with Crippen molar-refractivity contribution in [2.75, 3.05) is 26.2 Å². The predicted octanol–water partition coefficient (Wildman–Crippen LogP) is 4.31. The Bertz CT molecular complexity index is 1110. The second-order valence-electron chi connectivity index (χ2n) is 7.03. The first-order valence-corrected chi connectivity index (χ1v) is 10.1. The molecule has 0 saturated heterocycles. The average Bonchev–Trinajstić information content (AvgIpc) is 2.85. The van der Waals surface area contributed by atoms with Crippen LogP contribution in [0.5, 0.6) is 11.5 Å². The monoisotopic (exact) mass is 430 g/mol. The summed E-state index contributed by atoms with van der Waals surface area (Å²) in [4.78, 5) is 27.0. The number of likely N-dealkylation sites (N-methyl/N-ethyl adjacent to an activating group) is 1. The zero-order valence-corrected chi connectivity index (χ0v) is 18.4. The van der Waals surface area contributed by atoms with Crippen molar-refractivity contribution in [3.8, 4) is 11.5 Å². The Kier molecular flexibility index (Phi) is 7.65. The highest BCUT2D eigenvalue weighted by molar-refractivity contribution is 6.08. The van der Waals surface area contributed by atoms with Gasteiger partial charge in [0.1, 0.15) is 0 Å². The lowest BCUT2D eigenvalue weighted by molar-refractivity contribution is -0.113. The third-order valence-corrected chi connectivity index (χ3v) is 4.96. The molecule has 0 atom stereocenters. The fourth-order valence-electron chi connectivity index (χ4n) is 3.19. The van der Waals surface area contributed by atoms with Crippen LogP contribution in [-0.4, -0.2) is 33.1 Å². The van der Waals surface area contributed by atoms with E-state index in [0.717, 1.165) is 11.1 Å². The van der Waals surface area contributed by atoms with Crippen LogP contribution in [0.1, 0.15) is 21.5 Å². The van der Waals surface area contributed by atoms with Crippen LogP contribution in [0.3, 0.4) is 0 Å². The van der Waals surface area contributed by atoms with Gasteiger partial charge in [-0.1, -0.05) is 48.5 Å². The molecule has 6 nitrogen and oxygen atoms in total. The molecule has 1 N–H and O–H groups in total. The maximum absolute atomic E-state index is 12.8. The Balaban J connectivity index is 1.73. The lowest BCUT2D eigenvalue weighted by Gasteiger charge is -2.19. The summed E-state index contributed by atoms with van der Waals surface area (Å²) in [5, 5.41) is 2.91. The quantitative estimate of drug-likeness (QED) is 0.541. The Morgan fingerprint density at radius 1 is 0.906 bits per heavy atom. The van der Waals surface area contributed by atoms with Gasteiger partial charge in [-0.05, 0) is 41.5 Å². The van der Waals surface area contributed by atoms with Crippen LogP contribution in [0, 0.1) is 0 Å². The summed E-state index contributed by atoms with van der Waals surface area (Å²) in [6, 6.07) is 22.1. The van der Waals surface area contributed by atoms with Crippen molar-refractivity contribution < 1.29 is 19.1 Å². The molecule has 0 heterocycles. The van der Waals surface area contributed by atoms with Crippen molar-refractivity contribution in [2.45, 2.75) is 6.54 Å². The topological polar surface area (TPSA) is 67.9 Å². The van der Waals surface area contributed by atoms with E-state index in [1.165, 1.54) is 11.0 Å². The molecule has 0 spiro atoms. The standard InChI is InChI=1S/C26H26N2O4/c1-28(25(29)16-14-19-13-15-23(31-2)24(17-19)32-3)22-12-8-7-11-21(22)26(30)27-18-20-9-5-4-6-10-20/h4-17H,18H2,1-3H3,(H,27,30). The van der Waals surface area contributed by atoms with Gasteiger partial charge < -0.3 is 19.7 Å². The van der Waals surface area contributed by atoms with Gasteiger partial charge in [0.15, 0.2) is 11.5 Å². The van der Waals surface area contributed by atoms with Crippen LogP contribution < -0.4 is 19.7 Å². The summed E-state index contributed by atoms with van der Waals surface area (Å²) >= 11 is 0. The zero-order chi connectivity index (χ0) is 22.9. The van der Waals surface area contributed by atoms with E-state index < -0.39 is 0 Å². The maximum atomic E-state index is 12.8. The van der Waals surface area contributed by atoms with Crippen molar-refractivity contribution in [2.24, 2.45) is 0 Å². The number of carbonyl (C=O) groups excluding carboxylic acids is 2. The first-order valence-electron chi connectivity index (χ1n) is 10.1. The average molecular weight is 431 g/mol. The molecular formula is C26H26N2O4. The number of hydrogen-bond donors (Lipinski definition) is 1. The van der Waals surface area contributed by atoms with E-state index in [0.29, 0.717) is 29.3 Å². The Labute approximate surface area is 188 Å². The van der Waals surface area contributed by atoms with Crippen LogP contribution in [0.25, 0.3) is 6.08 Å². The number of hydrogen-bond acceptors (Lipinski definition) is 4. The zero-order valence-electron chi connectivity index (χ0n) is 18.4. The molecule has 3 aromatic carbocycles. The molecule has 6 heteroatoms. The van der Waals surface area contributed by atoms with E-state index >= 15 is 0 Å². The van der Waals surface area contributed by atoms with Crippen LogP contribution in [-0.2, 0) is 11.3 Å². The molecule has 2 amide bonds. The molecule has 3 aromatic rings. The Hall–Kier alpha value is -4.06. The molecule has 164 valence electrons. The number of anilines is 1. The summed E-state index contributed by atoms with van der Waals surface area (Å²) < 4.78 is 10.5. The molecule has 0 fully saturated rings. The van der Waals surface area contributed by atoms with Crippen LogP contribution in [0.4, 0.5) is 5.69 Å². The van der Waals surface area contributed by atoms with Gasteiger partial charge in [0.2, 0.25) is 0 Å².